The highest BCUT2D eigenvalue weighted by Gasteiger charge is 2.31. The number of thiazole rings is 1. The number of fused-ring (bicyclic) bond motifs is 1. The molecule has 1 aliphatic rings. The zero-order valence-electron chi connectivity index (χ0n) is 15.0. The van der Waals surface area contributed by atoms with Crippen LogP contribution in [0.3, 0.4) is 0 Å². The van der Waals surface area contributed by atoms with E-state index in [2.05, 4.69) is 30.0 Å². The first kappa shape index (κ1) is 18.1. The fourth-order valence-corrected chi connectivity index (χ4v) is 4.51. The highest BCUT2D eigenvalue weighted by molar-refractivity contribution is 7.22. The quantitative estimate of drug-likeness (QED) is 0.611. The van der Waals surface area contributed by atoms with Gasteiger partial charge < -0.3 is 9.80 Å². The largest absolute Gasteiger partial charge is 0.416 e. The van der Waals surface area contributed by atoms with Gasteiger partial charge in [0.25, 0.3) is 0 Å². The van der Waals surface area contributed by atoms with Gasteiger partial charge in [-0.2, -0.15) is 13.2 Å². The van der Waals surface area contributed by atoms with Crippen molar-refractivity contribution in [2.45, 2.75) is 19.5 Å². The van der Waals surface area contributed by atoms with Gasteiger partial charge >= 0.3 is 6.18 Å². The molecular formula is C20H20F3N3S. The number of alkyl halides is 3. The molecule has 1 aromatic heterocycles. The summed E-state index contributed by atoms with van der Waals surface area (Å²) in [5.41, 5.74) is 2.35. The van der Waals surface area contributed by atoms with Crippen LogP contribution in [-0.4, -0.2) is 31.2 Å². The lowest BCUT2D eigenvalue weighted by Crippen LogP contribution is -2.46. The Morgan fingerprint density at radius 3 is 2.41 bits per heavy atom. The molecule has 0 unspecified atom stereocenters. The Hall–Kier alpha value is -2.28. The van der Waals surface area contributed by atoms with Crippen LogP contribution in [-0.2, 0) is 12.6 Å². The summed E-state index contributed by atoms with van der Waals surface area (Å²) >= 11 is 1.68. The zero-order valence-corrected chi connectivity index (χ0v) is 15.8. The molecule has 0 N–H and O–H groups in total. The van der Waals surface area contributed by atoms with Crippen molar-refractivity contribution in [2.24, 2.45) is 0 Å². The number of hydrogen-bond acceptors (Lipinski definition) is 4. The van der Waals surface area contributed by atoms with E-state index in [0.29, 0.717) is 18.8 Å². The number of aromatic nitrogens is 1. The molecule has 0 atom stereocenters. The Kier molecular flexibility index (Phi) is 4.72. The topological polar surface area (TPSA) is 19.4 Å². The molecule has 0 saturated carbocycles. The molecule has 0 aliphatic carbocycles. The lowest BCUT2D eigenvalue weighted by molar-refractivity contribution is -0.137. The van der Waals surface area contributed by atoms with Gasteiger partial charge in [0.15, 0.2) is 5.13 Å². The highest BCUT2D eigenvalue weighted by Crippen LogP contribution is 2.34. The van der Waals surface area contributed by atoms with Crippen LogP contribution in [0.2, 0.25) is 0 Å². The van der Waals surface area contributed by atoms with Gasteiger partial charge in [0, 0.05) is 31.9 Å². The smallest absolute Gasteiger partial charge is 0.368 e. The molecule has 142 valence electrons. The number of benzene rings is 2. The summed E-state index contributed by atoms with van der Waals surface area (Å²) in [4.78, 5) is 9.07. The van der Waals surface area contributed by atoms with Crippen molar-refractivity contribution >= 4 is 32.4 Å². The van der Waals surface area contributed by atoms with Gasteiger partial charge in [0.05, 0.1) is 15.8 Å². The maximum absolute atomic E-state index is 12.9. The van der Waals surface area contributed by atoms with Crippen LogP contribution in [0.1, 0.15) is 18.1 Å². The number of piperazine rings is 1. The zero-order chi connectivity index (χ0) is 19.0. The van der Waals surface area contributed by atoms with E-state index in [4.69, 9.17) is 4.98 Å². The van der Waals surface area contributed by atoms with E-state index in [9.17, 15) is 13.2 Å². The lowest BCUT2D eigenvalue weighted by atomic mass is 10.1. The number of hydrogen-bond donors (Lipinski definition) is 0. The second-order valence-electron chi connectivity index (χ2n) is 6.64. The molecule has 3 aromatic rings. The van der Waals surface area contributed by atoms with Crippen molar-refractivity contribution in [1.29, 1.82) is 0 Å². The summed E-state index contributed by atoms with van der Waals surface area (Å²) in [6.45, 7) is 4.98. The Bertz CT molecular complexity index is 943. The predicted octanol–water partition coefficient (Wildman–Crippen LogP) is 5.20. The summed E-state index contributed by atoms with van der Waals surface area (Å²) in [6.07, 6.45) is -3.36. The summed E-state index contributed by atoms with van der Waals surface area (Å²) in [7, 11) is 0. The van der Waals surface area contributed by atoms with Gasteiger partial charge in [0.2, 0.25) is 0 Å². The van der Waals surface area contributed by atoms with Crippen molar-refractivity contribution in [2.75, 3.05) is 36.0 Å². The van der Waals surface area contributed by atoms with E-state index >= 15 is 0 Å². The molecule has 0 spiro atoms. The molecule has 4 rings (SSSR count). The molecule has 2 aromatic carbocycles. The van der Waals surface area contributed by atoms with Crippen LogP contribution in [0.15, 0.2) is 42.5 Å². The van der Waals surface area contributed by atoms with E-state index in [1.165, 1.54) is 22.4 Å². The van der Waals surface area contributed by atoms with E-state index in [1.54, 1.807) is 17.4 Å². The molecule has 1 fully saturated rings. The molecular weight excluding hydrogens is 371 g/mol. The van der Waals surface area contributed by atoms with Crippen molar-refractivity contribution in [3.8, 4) is 0 Å². The monoisotopic (exact) mass is 391 g/mol. The van der Waals surface area contributed by atoms with Crippen molar-refractivity contribution in [1.82, 2.24) is 4.98 Å². The second-order valence-corrected chi connectivity index (χ2v) is 7.65. The number of para-hydroxylation sites is 1. The average Bonchev–Trinajstić information content (AvgIpc) is 3.12. The minimum Gasteiger partial charge on any atom is -0.368 e. The fourth-order valence-electron chi connectivity index (χ4n) is 3.45. The lowest BCUT2D eigenvalue weighted by Gasteiger charge is -2.36. The van der Waals surface area contributed by atoms with Gasteiger partial charge in [0.1, 0.15) is 0 Å². The SMILES string of the molecule is CCc1cccc2sc(N3CCN(c4cccc(C(F)(F)F)c4)CC3)nc12. The third-order valence-electron chi connectivity index (χ3n) is 4.96. The Morgan fingerprint density at radius 2 is 1.70 bits per heavy atom. The number of anilines is 2. The molecule has 1 saturated heterocycles. The van der Waals surface area contributed by atoms with Crippen molar-refractivity contribution in [3.63, 3.8) is 0 Å². The molecule has 0 amide bonds. The third-order valence-corrected chi connectivity index (χ3v) is 6.04. The highest BCUT2D eigenvalue weighted by atomic mass is 32.1. The molecule has 27 heavy (non-hydrogen) atoms. The predicted molar refractivity (Wildman–Crippen MR) is 105 cm³/mol. The number of halogens is 3. The van der Waals surface area contributed by atoms with Gasteiger partial charge in [-0.3, -0.25) is 0 Å². The van der Waals surface area contributed by atoms with Crippen LogP contribution in [0, 0.1) is 0 Å². The van der Waals surface area contributed by atoms with E-state index in [1.807, 2.05) is 4.90 Å². The van der Waals surface area contributed by atoms with Crippen molar-refractivity contribution in [3.05, 3.63) is 53.6 Å². The van der Waals surface area contributed by atoms with Crippen LogP contribution in [0.25, 0.3) is 10.2 Å². The Labute approximate surface area is 160 Å². The standard InChI is InChI=1S/C20H20F3N3S/c1-2-14-5-3-8-17-18(14)24-19(27-17)26-11-9-25(10-12-26)16-7-4-6-15(13-16)20(21,22)23/h3-8,13H,2,9-12H2,1H3. The van der Waals surface area contributed by atoms with Gasteiger partial charge in [-0.1, -0.05) is 36.5 Å². The van der Waals surface area contributed by atoms with Crippen LogP contribution >= 0.6 is 11.3 Å². The van der Waals surface area contributed by atoms with Gasteiger partial charge in [-0.05, 0) is 36.2 Å². The fraction of sp³-hybridized carbons (Fsp3) is 0.350. The normalized spacial score (nSPS) is 15.6. The molecule has 7 heteroatoms. The number of rotatable bonds is 3. The van der Waals surface area contributed by atoms with E-state index < -0.39 is 11.7 Å². The Morgan fingerprint density at radius 1 is 1.00 bits per heavy atom. The van der Waals surface area contributed by atoms with Crippen LogP contribution in [0.4, 0.5) is 24.0 Å². The first-order valence-electron chi connectivity index (χ1n) is 9.01. The average molecular weight is 391 g/mol. The molecule has 2 heterocycles. The summed E-state index contributed by atoms with van der Waals surface area (Å²) in [6, 6.07) is 11.8. The minimum absolute atomic E-state index is 0.597. The maximum Gasteiger partial charge on any atom is 0.416 e. The molecule has 3 nitrogen and oxygen atoms in total. The molecule has 0 bridgehead atoms. The van der Waals surface area contributed by atoms with Crippen molar-refractivity contribution < 1.29 is 13.2 Å². The van der Waals surface area contributed by atoms with E-state index in [-0.39, 0.29) is 0 Å². The van der Waals surface area contributed by atoms with E-state index in [0.717, 1.165) is 36.2 Å². The summed E-state index contributed by atoms with van der Waals surface area (Å²) in [5.74, 6) is 0. The first-order chi connectivity index (χ1) is 13.0. The van der Waals surface area contributed by atoms with Crippen LogP contribution < -0.4 is 9.80 Å². The van der Waals surface area contributed by atoms with Crippen LogP contribution in [0.5, 0.6) is 0 Å². The molecule has 0 radical (unpaired) electrons. The summed E-state index contributed by atoms with van der Waals surface area (Å²) < 4.78 is 40.0. The number of aryl methyl sites for hydroxylation is 1. The van der Waals surface area contributed by atoms with Gasteiger partial charge in [-0.25, -0.2) is 4.98 Å². The maximum atomic E-state index is 12.9. The first-order valence-corrected chi connectivity index (χ1v) is 9.83. The Balaban J connectivity index is 1.50. The minimum atomic E-state index is -4.31. The summed E-state index contributed by atoms with van der Waals surface area (Å²) in [5, 5.41) is 0.995. The number of nitrogens with zero attached hydrogens (tertiary/aromatic N) is 3. The second kappa shape index (κ2) is 7.03. The third kappa shape index (κ3) is 3.60. The molecule has 1 aliphatic heterocycles. The van der Waals surface area contributed by atoms with Gasteiger partial charge in [-0.15, -0.1) is 0 Å².